The van der Waals surface area contributed by atoms with Gasteiger partial charge in [-0.3, -0.25) is 9.78 Å². The number of benzene rings is 1. The first kappa shape index (κ1) is 24.6. The summed E-state index contributed by atoms with van der Waals surface area (Å²) in [6.45, 7) is 8.79. The van der Waals surface area contributed by atoms with Crippen LogP contribution in [0.4, 0.5) is 9.18 Å². The minimum absolute atomic E-state index is 0.102. The van der Waals surface area contributed by atoms with Crippen LogP contribution in [-0.2, 0) is 4.74 Å². The molecule has 0 aliphatic carbocycles. The fourth-order valence-corrected chi connectivity index (χ4v) is 4.54. The topological polar surface area (TPSA) is 89.4 Å². The fraction of sp³-hybridized carbons (Fsp3) is 0.462. The minimum Gasteiger partial charge on any atom is -0.444 e. The highest BCUT2D eigenvalue weighted by Gasteiger charge is 2.32. The minimum atomic E-state index is -0.549. The number of piperidine rings is 1. The molecule has 1 saturated heterocycles. The zero-order chi connectivity index (χ0) is 25.2. The summed E-state index contributed by atoms with van der Waals surface area (Å²) in [5, 5.41) is 8.23. The lowest BCUT2D eigenvalue weighted by Crippen LogP contribution is -2.49. The predicted octanol–water partition coefficient (Wildman–Crippen LogP) is 4.72. The molecule has 35 heavy (non-hydrogen) atoms. The van der Waals surface area contributed by atoms with Crippen molar-refractivity contribution in [1.82, 2.24) is 25.0 Å². The van der Waals surface area contributed by atoms with Crippen LogP contribution >= 0.6 is 0 Å². The fourth-order valence-electron chi connectivity index (χ4n) is 4.54. The van der Waals surface area contributed by atoms with E-state index in [1.807, 2.05) is 27.7 Å². The molecule has 1 aliphatic heterocycles. The Kier molecular flexibility index (Phi) is 7.05. The third-order valence-electron chi connectivity index (χ3n) is 6.25. The van der Waals surface area contributed by atoms with Gasteiger partial charge in [0, 0.05) is 30.7 Å². The Balaban J connectivity index is 1.51. The van der Waals surface area contributed by atoms with Gasteiger partial charge >= 0.3 is 6.09 Å². The van der Waals surface area contributed by atoms with E-state index in [1.54, 1.807) is 34.1 Å². The monoisotopic (exact) mass is 481 g/mol. The van der Waals surface area contributed by atoms with Gasteiger partial charge in [-0.2, -0.15) is 5.10 Å². The third-order valence-corrected chi connectivity index (χ3v) is 6.25. The molecule has 1 fully saturated rings. The lowest BCUT2D eigenvalue weighted by molar-refractivity contribution is 0.0144. The van der Waals surface area contributed by atoms with Gasteiger partial charge in [0.25, 0.3) is 5.91 Å². The Morgan fingerprint density at radius 2 is 1.94 bits per heavy atom. The Morgan fingerprint density at radius 1 is 1.20 bits per heavy atom. The van der Waals surface area contributed by atoms with Crippen molar-refractivity contribution in [2.75, 3.05) is 13.1 Å². The van der Waals surface area contributed by atoms with Gasteiger partial charge in [0.05, 0.1) is 29.2 Å². The Hall–Kier alpha value is -3.49. The molecular formula is C26H32FN5O3. The average Bonchev–Trinajstić information content (AvgIpc) is 3.26. The molecule has 186 valence electrons. The Morgan fingerprint density at radius 3 is 2.63 bits per heavy atom. The molecule has 1 N–H and O–H groups in total. The zero-order valence-corrected chi connectivity index (χ0v) is 20.6. The van der Waals surface area contributed by atoms with Crippen molar-refractivity contribution in [3.8, 4) is 5.69 Å². The molecule has 2 atom stereocenters. The summed E-state index contributed by atoms with van der Waals surface area (Å²) in [6, 6.07) is 5.88. The van der Waals surface area contributed by atoms with E-state index in [0.717, 1.165) is 19.3 Å². The summed E-state index contributed by atoms with van der Waals surface area (Å²) in [7, 11) is 0. The average molecular weight is 482 g/mol. The Bertz CT molecular complexity index is 1200. The van der Waals surface area contributed by atoms with Gasteiger partial charge in [-0.25, -0.2) is 13.9 Å². The van der Waals surface area contributed by atoms with E-state index in [0.29, 0.717) is 35.2 Å². The van der Waals surface area contributed by atoms with Gasteiger partial charge < -0.3 is 15.0 Å². The number of hydrogen-bond donors (Lipinski definition) is 1. The molecule has 2 aromatic heterocycles. The van der Waals surface area contributed by atoms with E-state index in [4.69, 9.17) is 4.74 Å². The van der Waals surface area contributed by atoms with Crippen molar-refractivity contribution in [3.05, 3.63) is 54.2 Å². The third kappa shape index (κ3) is 5.61. The van der Waals surface area contributed by atoms with Crippen molar-refractivity contribution >= 4 is 22.9 Å². The van der Waals surface area contributed by atoms with E-state index in [9.17, 15) is 14.0 Å². The lowest BCUT2D eigenvalue weighted by atomic mass is 9.89. The van der Waals surface area contributed by atoms with Crippen LogP contribution in [0.1, 0.15) is 57.3 Å². The molecule has 8 nitrogen and oxygen atoms in total. The molecule has 4 rings (SSSR count). The second-order valence-electron chi connectivity index (χ2n) is 9.97. The van der Waals surface area contributed by atoms with E-state index >= 15 is 0 Å². The second-order valence-corrected chi connectivity index (χ2v) is 9.97. The highest BCUT2D eigenvalue weighted by atomic mass is 19.1. The number of halogens is 1. The van der Waals surface area contributed by atoms with Crippen LogP contribution in [-0.4, -0.2) is 56.4 Å². The number of rotatable bonds is 5. The normalized spacial score (nSPS) is 17.3. The quantitative estimate of drug-likeness (QED) is 0.570. The molecule has 0 spiro atoms. The molecule has 1 aliphatic rings. The molecule has 2 unspecified atom stereocenters. The molecule has 0 saturated carbocycles. The van der Waals surface area contributed by atoms with Crippen molar-refractivity contribution in [1.29, 1.82) is 0 Å². The van der Waals surface area contributed by atoms with Crippen LogP contribution in [0.2, 0.25) is 0 Å². The first-order valence-corrected chi connectivity index (χ1v) is 12.0. The van der Waals surface area contributed by atoms with Gasteiger partial charge in [0.1, 0.15) is 11.4 Å². The summed E-state index contributed by atoms with van der Waals surface area (Å²) in [5.41, 5.74) is 1.21. The SMILES string of the molecule is CCC(NC(=O)c1cncc2c1cnn2-c1ccc(F)cc1)C1CCCN(C(=O)OC(C)(C)C)C1. The van der Waals surface area contributed by atoms with E-state index in [1.165, 1.54) is 18.3 Å². The van der Waals surface area contributed by atoms with Gasteiger partial charge in [0.2, 0.25) is 0 Å². The molecule has 0 bridgehead atoms. The number of aromatic nitrogens is 3. The van der Waals surface area contributed by atoms with Crippen molar-refractivity contribution in [2.24, 2.45) is 5.92 Å². The zero-order valence-electron chi connectivity index (χ0n) is 20.6. The smallest absolute Gasteiger partial charge is 0.410 e. The summed E-state index contributed by atoms with van der Waals surface area (Å²) in [4.78, 5) is 31.9. The maximum absolute atomic E-state index is 13.3. The number of carbonyl (C=O) groups excluding carboxylic acids is 2. The van der Waals surface area contributed by atoms with Crippen molar-refractivity contribution < 1.29 is 18.7 Å². The number of pyridine rings is 1. The molecular weight excluding hydrogens is 449 g/mol. The molecule has 9 heteroatoms. The van der Waals surface area contributed by atoms with Crippen LogP contribution in [0.25, 0.3) is 16.6 Å². The first-order valence-electron chi connectivity index (χ1n) is 12.0. The van der Waals surface area contributed by atoms with Crippen LogP contribution < -0.4 is 5.32 Å². The van der Waals surface area contributed by atoms with Gasteiger partial charge in [-0.1, -0.05) is 6.92 Å². The van der Waals surface area contributed by atoms with E-state index in [-0.39, 0.29) is 29.8 Å². The number of fused-ring (bicyclic) bond motifs is 1. The highest BCUT2D eigenvalue weighted by molar-refractivity contribution is 6.06. The highest BCUT2D eigenvalue weighted by Crippen LogP contribution is 2.25. The first-order chi connectivity index (χ1) is 16.7. The van der Waals surface area contributed by atoms with E-state index < -0.39 is 5.60 Å². The van der Waals surface area contributed by atoms with Gasteiger partial charge in [-0.15, -0.1) is 0 Å². The van der Waals surface area contributed by atoms with Crippen LogP contribution in [0, 0.1) is 11.7 Å². The number of nitrogens with one attached hydrogen (secondary N) is 1. The number of nitrogens with zero attached hydrogens (tertiary/aromatic N) is 4. The molecule has 1 aromatic carbocycles. The Labute approximate surface area is 204 Å². The predicted molar refractivity (Wildman–Crippen MR) is 131 cm³/mol. The number of carbonyl (C=O) groups is 2. The van der Waals surface area contributed by atoms with Crippen LogP contribution in [0.5, 0.6) is 0 Å². The molecule has 3 aromatic rings. The van der Waals surface area contributed by atoms with Crippen molar-refractivity contribution in [3.63, 3.8) is 0 Å². The standard InChI is InChI=1S/C26H32FN5O3/c1-5-22(17-7-6-12-31(16-17)25(34)35-26(2,3)4)30-24(33)21-13-28-15-23-20(21)14-29-32(23)19-10-8-18(27)9-11-19/h8-11,13-15,17,22H,5-7,12,16H2,1-4H3,(H,30,33). The number of amides is 2. The molecule has 3 heterocycles. The maximum Gasteiger partial charge on any atom is 0.410 e. The summed E-state index contributed by atoms with van der Waals surface area (Å²) in [5.74, 6) is -0.440. The number of likely N-dealkylation sites (tertiary alicyclic amines) is 1. The number of ether oxygens (including phenoxy) is 1. The summed E-state index contributed by atoms with van der Waals surface area (Å²) >= 11 is 0. The molecule has 0 radical (unpaired) electrons. The van der Waals surface area contributed by atoms with Gasteiger partial charge in [0.15, 0.2) is 0 Å². The number of hydrogen-bond acceptors (Lipinski definition) is 5. The summed E-state index contributed by atoms with van der Waals surface area (Å²) < 4.78 is 20.5. The summed E-state index contributed by atoms with van der Waals surface area (Å²) in [6.07, 6.45) is 7.00. The largest absolute Gasteiger partial charge is 0.444 e. The lowest BCUT2D eigenvalue weighted by Gasteiger charge is -2.37. The van der Waals surface area contributed by atoms with Crippen LogP contribution in [0.3, 0.4) is 0 Å². The van der Waals surface area contributed by atoms with Crippen molar-refractivity contribution in [2.45, 2.75) is 58.6 Å². The van der Waals surface area contributed by atoms with E-state index in [2.05, 4.69) is 15.4 Å². The maximum atomic E-state index is 13.3. The van der Waals surface area contributed by atoms with Gasteiger partial charge in [-0.05, 0) is 70.2 Å². The molecule has 2 amide bonds. The van der Waals surface area contributed by atoms with Crippen LogP contribution in [0.15, 0.2) is 42.9 Å². The second kappa shape index (κ2) is 10.0.